The molecule has 0 atom stereocenters. The molecule has 1 aliphatic heterocycles. The molecule has 0 amide bonds. The summed E-state index contributed by atoms with van der Waals surface area (Å²) in [6.07, 6.45) is 5.89. The molecular weight excluding hydrogens is 388 g/mol. The number of benzene rings is 1. The van der Waals surface area contributed by atoms with Gasteiger partial charge in [0.05, 0.1) is 6.54 Å². The quantitative estimate of drug-likeness (QED) is 0.505. The van der Waals surface area contributed by atoms with Crippen LogP contribution in [-0.2, 0) is 18.3 Å². The molecule has 31 heavy (non-hydrogen) atoms. The fourth-order valence-electron chi connectivity index (χ4n) is 4.42. The predicted molar refractivity (Wildman–Crippen MR) is 121 cm³/mol. The molecule has 0 radical (unpaired) electrons. The number of ether oxygens (including phenoxy) is 1. The molecule has 0 aliphatic carbocycles. The third kappa shape index (κ3) is 3.79. The van der Waals surface area contributed by atoms with Crippen molar-refractivity contribution in [2.24, 2.45) is 7.05 Å². The molecule has 1 aliphatic rings. The van der Waals surface area contributed by atoms with E-state index in [4.69, 9.17) is 14.7 Å². The first-order chi connectivity index (χ1) is 15.1. The summed E-state index contributed by atoms with van der Waals surface area (Å²) in [5, 5.41) is 0. The van der Waals surface area contributed by atoms with Crippen molar-refractivity contribution in [3.05, 3.63) is 81.9 Å². The van der Waals surface area contributed by atoms with Crippen LogP contribution in [0.5, 0.6) is 0 Å². The number of nitrogens with zero attached hydrogens (tertiary/aromatic N) is 4. The van der Waals surface area contributed by atoms with Crippen molar-refractivity contribution in [2.75, 3.05) is 13.2 Å². The molecule has 1 fully saturated rings. The maximum Gasteiger partial charge on any atom is 0.253 e. The average Bonchev–Trinajstić information content (AvgIpc) is 3.16. The number of aromatic nitrogens is 4. The van der Waals surface area contributed by atoms with Gasteiger partial charge < -0.3 is 13.9 Å². The van der Waals surface area contributed by atoms with Gasteiger partial charge in [0.15, 0.2) is 5.65 Å². The molecular formula is C25H26N4O2. The van der Waals surface area contributed by atoms with E-state index in [1.807, 2.05) is 43.6 Å². The Labute approximate surface area is 181 Å². The number of rotatable bonds is 4. The zero-order chi connectivity index (χ0) is 21.4. The molecule has 0 bridgehead atoms. The highest BCUT2D eigenvalue weighted by Crippen LogP contribution is 2.30. The van der Waals surface area contributed by atoms with E-state index in [2.05, 4.69) is 22.8 Å². The summed E-state index contributed by atoms with van der Waals surface area (Å²) in [6, 6.07) is 14.4. The molecule has 3 aromatic heterocycles. The summed E-state index contributed by atoms with van der Waals surface area (Å²) in [4.78, 5) is 22.1. The maximum absolute atomic E-state index is 12.2. The number of aryl methyl sites for hydroxylation is 2. The zero-order valence-electron chi connectivity index (χ0n) is 17.9. The molecule has 4 heterocycles. The van der Waals surface area contributed by atoms with Gasteiger partial charge in [-0.1, -0.05) is 30.3 Å². The molecule has 6 nitrogen and oxygen atoms in total. The van der Waals surface area contributed by atoms with Gasteiger partial charge in [0.1, 0.15) is 11.3 Å². The Morgan fingerprint density at radius 3 is 2.65 bits per heavy atom. The van der Waals surface area contributed by atoms with Crippen molar-refractivity contribution in [2.45, 2.75) is 32.2 Å². The summed E-state index contributed by atoms with van der Waals surface area (Å²) < 4.78 is 9.29. The SMILES string of the molecule is Cc1cc(-c2nc3cc(C4CCOCC4)cnc3n2Cc2ccccc2)cn(C)c1=O. The van der Waals surface area contributed by atoms with Crippen LogP contribution in [0.2, 0.25) is 0 Å². The lowest BCUT2D eigenvalue weighted by atomic mass is 9.93. The zero-order valence-corrected chi connectivity index (χ0v) is 17.9. The number of hydrogen-bond donors (Lipinski definition) is 0. The minimum atomic E-state index is 0.00870. The molecule has 1 aromatic carbocycles. The van der Waals surface area contributed by atoms with Crippen LogP contribution < -0.4 is 5.56 Å². The Balaban J connectivity index is 1.66. The van der Waals surface area contributed by atoms with E-state index in [1.165, 1.54) is 11.1 Å². The van der Waals surface area contributed by atoms with E-state index in [0.717, 1.165) is 48.6 Å². The molecule has 0 unspecified atom stereocenters. The predicted octanol–water partition coefficient (Wildman–Crippen LogP) is 4.05. The molecule has 4 aromatic rings. The Morgan fingerprint density at radius 2 is 1.90 bits per heavy atom. The molecule has 0 spiro atoms. The largest absolute Gasteiger partial charge is 0.381 e. The highest BCUT2D eigenvalue weighted by molar-refractivity contribution is 5.78. The fourth-order valence-corrected chi connectivity index (χ4v) is 4.42. The summed E-state index contributed by atoms with van der Waals surface area (Å²) in [7, 11) is 1.78. The summed E-state index contributed by atoms with van der Waals surface area (Å²) >= 11 is 0. The van der Waals surface area contributed by atoms with Crippen LogP contribution in [0.4, 0.5) is 0 Å². The highest BCUT2D eigenvalue weighted by Gasteiger charge is 2.20. The Bertz CT molecular complexity index is 1260. The van der Waals surface area contributed by atoms with Crippen LogP contribution in [0, 0.1) is 6.92 Å². The van der Waals surface area contributed by atoms with E-state index >= 15 is 0 Å². The van der Waals surface area contributed by atoms with Gasteiger partial charge in [-0.15, -0.1) is 0 Å². The lowest BCUT2D eigenvalue weighted by molar-refractivity contribution is 0.0853. The minimum Gasteiger partial charge on any atom is -0.381 e. The smallest absolute Gasteiger partial charge is 0.253 e. The van der Waals surface area contributed by atoms with Gasteiger partial charge in [-0.2, -0.15) is 0 Å². The van der Waals surface area contributed by atoms with Gasteiger partial charge in [0.25, 0.3) is 5.56 Å². The second kappa shape index (κ2) is 8.12. The van der Waals surface area contributed by atoms with Gasteiger partial charge in [-0.3, -0.25) is 4.79 Å². The lowest BCUT2D eigenvalue weighted by Crippen LogP contribution is -2.19. The first-order valence-electron chi connectivity index (χ1n) is 10.8. The van der Waals surface area contributed by atoms with Crippen molar-refractivity contribution in [3.8, 4) is 11.4 Å². The van der Waals surface area contributed by atoms with Crippen molar-refractivity contribution in [3.63, 3.8) is 0 Å². The van der Waals surface area contributed by atoms with E-state index in [0.29, 0.717) is 18.0 Å². The summed E-state index contributed by atoms with van der Waals surface area (Å²) in [5.41, 5.74) is 5.79. The molecule has 0 saturated carbocycles. The first-order valence-corrected chi connectivity index (χ1v) is 10.8. The number of fused-ring (bicyclic) bond motifs is 1. The second-order valence-corrected chi connectivity index (χ2v) is 8.33. The third-order valence-corrected chi connectivity index (χ3v) is 6.10. The number of pyridine rings is 2. The van der Waals surface area contributed by atoms with Crippen molar-refractivity contribution < 1.29 is 4.74 Å². The van der Waals surface area contributed by atoms with Gasteiger partial charge >= 0.3 is 0 Å². The monoisotopic (exact) mass is 414 g/mol. The lowest BCUT2D eigenvalue weighted by Gasteiger charge is -2.21. The molecule has 158 valence electrons. The van der Waals surface area contributed by atoms with Crippen LogP contribution in [0.25, 0.3) is 22.6 Å². The fraction of sp³-hybridized carbons (Fsp3) is 0.320. The van der Waals surface area contributed by atoms with Crippen LogP contribution in [0.1, 0.15) is 35.4 Å². The summed E-state index contributed by atoms with van der Waals surface area (Å²) in [6.45, 7) is 4.11. The van der Waals surface area contributed by atoms with E-state index in [9.17, 15) is 4.79 Å². The molecule has 0 N–H and O–H groups in total. The molecule has 6 heteroatoms. The van der Waals surface area contributed by atoms with Crippen molar-refractivity contribution in [1.29, 1.82) is 0 Å². The topological polar surface area (TPSA) is 61.9 Å². The number of imidazole rings is 1. The Morgan fingerprint density at radius 1 is 1.13 bits per heavy atom. The van der Waals surface area contributed by atoms with E-state index in [1.54, 1.807) is 11.6 Å². The molecule has 5 rings (SSSR count). The van der Waals surface area contributed by atoms with Gasteiger partial charge in [-0.05, 0) is 48.9 Å². The Kier molecular flexibility index (Phi) is 5.16. The van der Waals surface area contributed by atoms with E-state index in [-0.39, 0.29) is 5.56 Å². The summed E-state index contributed by atoms with van der Waals surface area (Å²) in [5.74, 6) is 1.29. The van der Waals surface area contributed by atoms with Crippen LogP contribution in [0.3, 0.4) is 0 Å². The van der Waals surface area contributed by atoms with E-state index < -0.39 is 0 Å². The second-order valence-electron chi connectivity index (χ2n) is 8.33. The van der Waals surface area contributed by atoms with Gasteiger partial charge in [0, 0.05) is 43.8 Å². The number of hydrogen-bond acceptors (Lipinski definition) is 4. The van der Waals surface area contributed by atoms with Crippen LogP contribution in [-0.4, -0.2) is 32.3 Å². The molecule has 1 saturated heterocycles. The average molecular weight is 415 g/mol. The maximum atomic E-state index is 12.2. The normalized spacial score (nSPS) is 14.9. The van der Waals surface area contributed by atoms with Gasteiger partial charge in [-0.25, -0.2) is 9.97 Å². The van der Waals surface area contributed by atoms with Gasteiger partial charge in [0.2, 0.25) is 0 Å². The van der Waals surface area contributed by atoms with Crippen molar-refractivity contribution in [1.82, 2.24) is 19.1 Å². The van der Waals surface area contributed by atoms with Crippen LogP contribution >= 0.6 is 0 Å². The minimum absolute atomic E-state index is 0.00870. The van der Waals surface area contributed by atoms with Crippen molar-refractivity contribution >= 4 is 11.2 Å². The Hall–Kier alpha value is -3.25. The standard InChI is InChI=1S/C25H26N4O2/c1-17-12-21(16-28(2)25(17)30)23-27-22-13-20(19-8-10-31-11-9-19)14-26-24(22)29(23)15-18-6-4-3-5-7-18/h3-7,12-14,16,19H,8-11,15H2,1-2H3. The first kappa shape index (κ1) is 19.7. The third-order valence-electron chi connectivity index (χ3n) is 6.10. The van der Waals surface area contributed by atoms with Crippen LogP contribution in [0.15, 0.2) is 59.7 Å². The highest BCUT2D eigenvalue weighted by atomic mass is 16.5.